The first-order valence-electron chi connectivity index (χ1n) is 7.97. The smallest absolute Gasteiger partial charge is 0.310 e. The molecule has 0 spiro atoms. The number of sulfone groups is 1. The highest BCUT2D eigenvalue weighted by atomic mass is 32.2. The first-order chi connectivity index (χ1) is 11.3. The lowest BCUT2D eigenvalue weighted by Crippen LogP contribution is -2.37. The predicted octanol–water partition coefficient (Wildman–Crippen LogP) is 0.0961. The Morgan fingerprint density at radius 2 is 1.96 bits per heavy atom. The fourth-order valence-corrected chi connectivity index (χ4v) is 6.05. The summed E-state index contributed by atoms with van der Waals surface area (Å²) < 4.78 is 29.5. The summed E-state index contributed by atoms with van der Waals surface area (Å²) in [6.07, 6.45) is 0.306. The molecule has 2 aliphatic carbocycles. The Morgan fingerprint density at radius 1 is 1.29 bits per heavy atom. The van der Waals surface area contributed by atoms with Crippen LogP contribution in [0, 0.1) is 24.7 Å². The molecule has 1 aromatic rings. The van der Waals surface area contributed by atoms with E-state index in [2.05, 4.69) is 0 Å². The molecule has 1 aliphatic heterocycles. The summed E-state index contributed by atoms with van der Waals surface area (Å²) in [6, 6.07) is 1.60. The number of esters is 1. The maximum atomic E-state index is 12.3. The van der Waals surface area contributed by atoms with E-state index in [4.69, 9.17) is 4.74 Å². The predicted molar refractivity (Wildman–Crippen MR) is 85.4 cm³/mol. The number of fused-ring (bicyclic) bond motifs is 4. The van der Waals surface area contributed by atoms with Gasteiger partial charge in [-0.15, -0.1) is 0 Å². The number of benzene rings is 1. The van der Waals surface area contributed by atoms with Crippen LogP contribution in [0.3, 0.4) is 0 Å². The Morgan fingerprint density at radius 3 is 2.62 bits per heavy atom. The maximum Gasteiger partial charge on any atom is 0.310 e. The summed E-state index contributed by atoms with van der Waals surface area (Å²) in [6.45, 7) is 3.62. The summed E-state index contributed by atoms with van der Waals surface area (Å²) in [4.78, 5) is 12.3. The van der Waals surface area contributed by atoms with E-state index in [0.717, 1.165) is 0 Å². The number of carbonyl (C=O) groups excluding carboxylic acids is 1. The van der Waals surface area contributed by atoms with Gasteiger partial charge in [0.1, 0.15) is 11.5 Å². The SMILES string of the molecule is CCOC(=O)[C@@H]1[C@@H]2C(O)=c3cc(C)c4c(c3=C(O)[C@H]12)CCS4(=O)=O. The minimum atomic E-state index is -3.36. The number of rotatable bonds is 2. The molecule has 1 fully saturated rings. The fourth-order valence-electron chi connectivity index (χ4n) is 4.24. The van der Waals surface area contributed by atoms with Gasteiger partial charge < -0.3 is 14.9 Å². The zero-order valence-corrected chi connectivity index (χ0v) is 14.2. The summed E-state index contributed by atoms with van der Waals surface area (Å²) in [7, 11) is -3.36. The number of ether oxygens (including phenoxy) is 1. The van der Waals surface area contributed by atoms with Crippen molar-refractivity contribution in [3.63, 3.8) is 0 Å². The van der Waals surface area contributed by atoms with Crippen molar-refractivity contribution in [3.05, 3.63) is 27.6 Å². The molecule has 4 rings (SSSR count). The van der Waals surface area contributed by atoms with E-state index in [1.165, 1.54) is 0 Å². The molecule has 3 aliphatic rings. The van der Waals surface area contributed by atoms with Crippen molar-refractivity contribution in [3.8, 4) is 0 Å². The Kier molecular flexibility index (Phi) is 3.07. The van der Waals surface area contributed by atoms with E-state index in [1.54, 1.807) is 19.9 Å². The van der Waals surface area contributed by atoms with Gasteiger partial charge in [-0.05, 0) is 37.5 Å². The van der Waals surface area contributed by atoms with Crippen LogP contribution in [0.2, 0.25) is 0 Å². The quantitative estimate of drug-likeness (QED) is 0.734. The van der Waals surface area contributed by atoms with Crippen molar-refractivity contribution in [2.45, 2.75) is 25.2 Å². The molecule has 0 unspecified atom stereocenters. The zero-order chi connectivity index (χ0) is 17.4. The van der Waals surface area contributed by atoms with E-state index in [9.17, 15) is 23.4 Å². The van der Waals surface area contributed by atoms with Crippen LogP contribution in [0.4, 0.5) is 0 Å². The first kappa shape index (κ1) is 15.5. The molecule has 0 aromatic heterocycles. The number of carbonyl (C=O) groups is 1. The van der Waals surface area contributed by atoms with Crippen LogP contribution in [0.25, 0.3) is 11.5 Å². The molecule has 2 N–H and O–H groups in total. The van der Waals surface area contributed by atoms with Crippen molar-refractivity contribution in [1.29, 1.82) is 0 Å². The minimum Gasteiger partial charge on any atom is -0.511 e. The van der Waals surface area contributed by atoms with E-state index in [1.807, 2.05) is 0 Å². The molecule has 7 heteroatoms. The van der Waals surface area contributed by atoms with Gasteiger partial charge in [-0.1, -0.05) is 0 Å². The monoisotopic (exact) mass is 350 g/mol. The van der Waals surface area contributed by atoms with Crippen molar-refractivity contribution < 1.29 is 28.2 Å². The van der Waals surface area contributed by atoms with Crippen LogP contribution in [0.15, 0.2) is 11.0 Å². The molecule has 0 radical (unpaired) electrons. The van der Waals surface area contributed by atoms with Gasteiger partial charge in [0, 0.05) is 22.3 Å². The molecule has 1 saturated carbocycles. The second kappa shape index (κ2) is 4.75. The standard InChI is InChI=1S/C17H18O6S/c1-3-23-17(20)13-11-12(13)15(19)10-8-4-5-24(21,22)16(8)7(2)6-9(10)14(11)18/h6,11-13,18-19H,3-5H2,1-2H3/t11-,12+,13-/m1/s1. The number of hydrogen-bond donors (Lipinski definition) is 2. The minimum absolute atomic E-state index is 0.000738. The molecular weight excluding hydrogens is 332 g/mol. The summed E-state index contributed by atoms with van der Waals surface area (Å²) in [5.41, 5.74) is 1.12. The maximum absolute atomic E-state index is 12.3. The molecule has 0 saturated heterocycles. The molecule has 1 aromatic carbocycles. The Labute approximate surface area is 139 Å². The summed E-state index contributed by atoms with van der Waals surface area (Å²) >= 11 is 0. The van der Waals surface area contributed by atoms with Gasteiger partial charge in [0.2, 0.25) is 0 Å². The van der Waals surface area contributed by atoms with Crippen LogP contribution in [0.1, 0.15) is 18.1 Å². The second-order valence-corrected chi connectivity index (χ2v) is 8.64. The normalized spacial score (nSPS) is 28.8. The van der Waals surface area contributed by atoms with Crippen LogP contribution in [0.5, 0.6) is 0 Å². The second-order valence-electron chi connectivity index (χ2n) is 6.59. The summed E-state index contributed by atoms with van der Waals surface area (Å²) in [5.74, 6) is -2.01. The van der Waals surface area contributed by atoms with Crippen molar-refractivity contribution in [1.82, 2.24) is 0 Å². The largest absolute Gasteiger partial charge is 0.511 e. The molecule has 0 amide bonds. The van der Waals surface area contributed by atoms with E-state index in [0.29, 0.717) is 28.0 Å². The van der Waals surface area contributed by atoms with Gasteiger partial charge in [0.25, 0.3) is 0 Å². The molecule has 1 heterocycles. The zero-order valence-electron chi connectivity index (χ0n) is 13.4. The third-order valence-electron chi connectivity index (χ3n) is 5.24. The molecule has 128 valence electrons. The van der Waals surface area contributed by atoms with Gasteiger partial charge in [-0.2, -0.15) is 0 Å². The van der Waals surface area contributed by atoms with Gasteiger partial charge in [0.15, 0.2) is 9.84 Å². The molecule has 6 nitrogen and oxygen atoms in total. The highest BCUT2D eigenvalue weighted by Gasteiger charge is 2.62. The van der Waals surface area contributed by atoms with Crippen LogP contribution >= 0.6 is 0 Å². The molecule has 24 heavy (non-hydrogen) atoms. The lowest BCUT2D eigenvalue weighted by atomic mass is 9.97. The van der Waals surface area contributed by atoms with Gasteiger partial charge in [0.05, 0.1) is 23.2 Å². The first-order valence-corrected chi connectivity index (χ1v) is 9.63. The van der Waals surface area contributed by atoms with Crippen LogP contribution in [-0.2, 0) is 25.8 Å². The number of hydrogen-bond acceptors (Lipinski definition) is 6. The van der Waals surface area contributed by atoms with Gasteiger partial charge in [-0.25, -0.2) is 8.42 Å². The molecule has 0 bridgehead atoms. The highest BCUT2D eigenvalue weighted by molar-refractivity contribution is 7.91. The molecular formula is C17H18O6S. The van der Waals surface area contributed by atoms with Gasteiger partial charge >= 0.3 is 5.97 Å². The number of aliphatic hydroxyl groups excluding tert-OH is 2. The van der Waals surface area contributed by atoms with Gasteiger partial charge in [-0.3, -0.25) is 4.79 Å². The fraction of sp³-hybridized carbons (Fsp3) is 0.471. The Balaban J connectivity index is 1.99. The van der Waals surface area contributed by atoms with E-state index >= 15 is 0 Å². The highest BCUT2D eigenvalue weighted by Crippen LogP contribution is 2.56. The summed E-state index contributed by atoms with van der Waals surface area (Å²) in [5, 5.41) is 22.1. The third kappa shape index (κ3) is 1.81. The Hall–Kier alpha value is -2.02. The van der Waals surface area contributed by atoms with Crippen LogP contribution in [-0.4, -0.2) is 37.0 Å². The number of aliphatic hydroxyl groups is 2. The van der Waals surface area contributed by atoms with Crippen molar-refractivity contribution >= 4 is 27.3 Å². The Bertz CT molecular complexity index is 1000. The lowest BCUT2D eigenvalue weighted by Gasteiger charge is -2.12. The lowest BCUT2D eigenvalue weighted by molar-refractivity contribution is -0.145. The number of aryl methyl sites for hydroxylation is 1. The van der Waals surface area contributed by atoms with Crippen LogP contribution < -0.4 is 10.4 Å². The third-order valence-corrected chi connectivity index (χ3v) is 7.17. The van der Waals surface area contributed by atoms with Crippen molar-refractivity contribution in [2.24, 2.45) is 17.8 Å². The van der Waals surface area contributed by atoms with Crippen molar-refractivity contribution in [2.75, 3.05) is 12.4 Å². The topological polar surface area (TPSA) is 101 Å². The average Bonchev–Trinajstić information content (AvgIpc) is 3.18. The van der Waals surface area contributed by atoms with E-state index < -0.39 is 33.6 Å². The molecule has 3 atom stereocenters. The van der Waals surface area contributed by atoms with E-state index in [-0.39, 0.29) is 28.8 Å². The average molecular weight is 350 g/mol.